The molecule has 9 heteroatoms. The fourth-order valence-corrected chi connectivity index (χ4v) is 3.42. The molecule has 1 aliphatic rings. The Morgan fingerprint density at radius 2 is 2.04 bits per heavy atom. The summed E-state index contributed by atoms with van der Waals surface area (Å²) in [6.07, 6.45) is -1.29. The normalized spacial score (nSPS) is 17.6. The quantitative estimate of drug-likeness (QED) is 0.862. The van der Waals surface area contributed by atoms with Gasteiger partial charge in [0.15, 0.2) is 0 Å². The monoisotopic (exact) mass is 394 g/mol. The Labute approximate surface area is 160 Å². The minimum absolute atomic E-state index is 0.00436. The van der Waals surface area contributed by atoms with E-state index in [9.17, 15) is 18.0 Å². The number of anilines is 1. The number of piperidine rings is 1. The first kappa shape index (κ1) is 20.1. The molecule has 1 fully saturated rings. The maximum Gasteiger partial charge on any atom is 0.416 e. The number of benzene rings is 1. The molecule has 0 saturated carbocycles. The molecule has 0 radical (unpaired) electrons. The first-order valence-electron chi connectivity index (χ1n) is 8.86. The van der Waals surface area contributed by atoms with Crippen molar-refractivity contribution in [2.24, 2.45) is 0 Å². The van der Waals surface area contributed by atoms with E-state index in [1.54, 1.807) is 4.90 Å². The van der Waals surface area contributed by atoms with Crippen LogP contribution in [0.4, 0.5) is 19.1 Å². The summed E-state index contributed by atoms with van der Waals surface area (Å²) in [6.45, 7) is 1.09. The molecule has 1 aromatic heterocycles. The van der Waals surface area contributed by atoms with Crippen molar-refractivity contribution in [3.63, 3.8) is 0 Å². The van der Waals surface area contributed by atoms with Crippen LogP contribution < -0.4 is 5.73 Å². The van der Waals surface area contributed by atoms with Gasteiger partial charge in [0.25, 0.3) is 0 Å². The summed E-state index contributed by atoms with van der Waals surface area (Å²) >= 11 is 0. The van der Waals surface area contributed by atoms with E-state index in [0.29, 0.717) is 29.9 Å². The van der Waals surface area contributed by atoms with Crippen LogP contribution >= 0.6 is 0 Å². The Morgan fingerprint density at radius 1 is 1.32 bits per heavy atom. The molecule has 6 nitrogen and oxygen atoms in total. The van der Waals surface area contributed by atoms with Crippen LogP contribution in [0.3, 0.4) is 0 Å². The number of likely N-dealkylation sites (tertiary alicyclic amines) is 1. The fourth-order valence-electron chi connectivity index (χ4n) is 3.42. The summed E-state index contributed by atoms with van der Waals surface area (Å²) in [5, 5.41) is 0. The van der Waals surface area contributed by atoms with Gasteiger partial charge in [0.1, 0.15) is 6.61 Å². The van der Waals surface area contributed by atoms with Crippen molar-refractivity contribution in [3.8, 4) is 11.1 Å². The van der Waals surface area contributed by atoms with Gasteiger partial charge in [-0.1, -0.05) is 12.1 Å². The van der Waals surface area contributed by atoms with Crippen LogP contribution in [0.1, 0.15) is 30.0 Å². The SMILES string of the molecule is COCC(=O)N1CCC[C@@H](c2nc(N)ncc2-c2ccc(C(F)(F)F)cc2)C1. The van der Waals surface area contributed by atoms with Crippen molar-refractivity contribution >= 4 is 11.9 Å². The van der Waals surface area contributed by atoms with Gasteiger partial charge in [-0.2, -0.15) is 13.2 Å². The average Bonchev–Trinajstić information content (AvgIpc) is 2.68. The van der Waals surface area contributed by atoms with Gasteiger partial charge in [-0.3, -0.25) is 4.79 Å². The second-order valence-corrected chi connectivity index (χ2v) is 6.71. The zero-order valence-corrected chi connectivity index (χ0v) is 15.4. The summed E-state index contributed by atoms with van der Waals surface area (Å²) in [4.78, 5) is 22.2. The summed E-state index contributed by atoms with van der Waals surface area (Å²) < 4.78 is 43.4. The number of halogens is 3. The molecule has 28 heavy (non-hydrogen) atoms. The Bertz CT molecular complexity index is 840. The van der Waals surface area contributed by atoms with Crippen molar-refractivity contribution in [1.82, 2.24) is 14.9 Å². The molecule has 1 aliphatic heterocycles. The van der Waals surface area contributed by atoms with Crippen LogP contribution in [0.15, 0.2) is 30.5 Å². The highest BCUT2D eigenvalue weighted by atomic mass is 19.4. The zero-order valence-electron chi connectivity index (χ0n) is 15.4. The number of rotatable bonds is 4. The number of amides is 1. The van der Waals surface area contributed by atoms with E-state index in [1.807, 2.05) is 0 Å². The van der Waals surface area contributed by atoms with E-state index in [0.717, 1.165) is 25.0 Å². The molecule has 0 aliphatic carbocycles. The van der Waals surface area contributed by atoms with Gasteiger partial charge in [-0.15, -0.1) is 0 Å². The second-order valence-electron chi connectivity index (χ2n) is 6.71. The Balaban J connectivity index is 1.92. The smallest absolute Gasteiger partial charge is 0.375 e. The van der Waals surface area contributed by atoms with Crippen molar-refractivity contribution < 1.29 is 22.7 Å². The summed E-state index contributed by atoms with van der Waals surface area (Å²) in [5.74, 6) is -0.103. The highest BCUT2D eigenvalue weighted by molar-refractivity contribution is 5.77. The predicted octanol–water partition coefficient (Wildman–Crippen LogP) is 3.10. The van der Waals surface area contributed by atoms with Crippen molar-refractivity contribution in [3.05, 3.63) is 41.7 Å². The standard InChI is InChI=1S/C19H21F3N4O2/c1-28-11-16(27)26-8-2-3-13(10-26)17-15(9-24-18(23)25-17)12-4-6-14(7-5-12)19(20,21)22/h4-7,9,13H,2-3,8,10-11H2,1H3,(H2,23,24,25)/t13-/m1/s1. The van der Waals surface area contributed by atoms with Crippen LogP contribution in [0.2, 0.25) is 0 Å². The molecule has 0 bridgehead atoms. The molecule has 2 aromatic rings. The minimum atomic E-state index is -4.40. The number of carbonyl (C=O) groups excluding carboxylic acids is 1. The molecular formula is C19H21F3N4O2. The number of ether oxygens (including phenoxy) is 1. The van der Waals surface area contributed by atoms with Crippen molar-refractivity contribution in [1.29, 1.82) is 0 Å². The number of methoxy groups -OCH3 is 1. The summed E-state index contributed by atoms with van der Waals surface area (Å²) in [5.41, 5.74) is 6.88. The Hall–Kier alpha value is -2.68. The van der Waals surface area contributed by atoms with Crippen LogP contribution in [-0.4, -0.2) is 47.6 Å². The number of nitrogen functional groups attached to an aromatic ring is 1. The third-order valence-corrected chi connectivity index (χ3v) is 4.79. The Morgan fingerprint density at radius 3 is 2.68 bits per heavy atom. The van der Waals surface area contributed by atoms with Gasteiger partial charge < -0.3 is 15.4 Å². The molecule has 1 aromatic carbocycles. The van der Waals surface area contributed by atoms with E-state index in [-0.39, 0.29) is 24.4 Å². The number of nitrogens with two attached hydrogens (primary N) is 1. The molecule has 1 atom stereocenters. The lowest BCUT2D eigenvalue weighted by atomic mass is 9.89. The average molecular weight is 394 g/mol. The van der Waals surface area contributed by atoms with Crippen LogP contribution in [0.25, 0.3) is 11.1 Å². The third kappa shape index (κ3) is 4.41. The number of hydrogen-bond acceptors (Lipinski definition) is 5. The largest absolute Gasteiger partial charge is 0.416 e. The van der Waals surface area contributed by atoms with Crippen molar-refractivity contribution in [2.45, 2.75) is 24.9 Å². The number of aromatic nitrogens is 2. The maximum atomic E-state index is 12.8. The molecular weight excluding hydrogens is 373 g/mol. The van der Waals surface area contributed by atoms with E-state index in [4.69, 9.17) is 10.5 Å². The van der Waals surface area contributed by atoms with Crippen LogP contribution in [0.5, 0.6) is 0 Å². The lowest BCUT2D eigenvalue weighted by Crippen LogP contribution is -2.41. The van der Waals surface area contributed by atoms with Gasteiger partial charge >= 0.3 is 6.18 Å². The van der Waals surface area contributed by atoms with E-state index in [2.05, 4.69) is 9.97 Å². The van der Waals surface area contributed by atoms with Crippen LogP contribution in [0, 0.1) is 0 Å². The van der Waals surface area contributed by atoms with Gasteiger partial charge in [0.2, 0.25) is 11.9 Å². The number of nitrogens with zero attached hydrogens (tertiary/aromatic N) is 3. The summed E-state index contributed by atoms with van der Waals surface area (Å²) in [6, 6.07) is 4.87. The predicted molar refractivity (Wildman–Crippen MR) is 97.3 cm³/mol. The van der Waals surface area contributed by atoms with E-state index >= 15 is 0 Å². The molecule has 150 valence electrons. The molecule has 1 amide bonds. The Kier molecular flexibility index (Phi) is 5.83. The number of alkyl halides is 3. The molecule has 2 heterocycles. The number of hydrogen-bond donors (Lipinski definition) is 1. The van der Waals surface area contributed by atoms with Crippen molar-refractivity contribution in [2.75, 3.05) is 32.5 Å². The third-order valence-electron chi connectivity index (χ3n) is 4.79. The van der Waals surface area contributed by atoms with Crippen LogP contribution in [-0.2, 0) is 15.7 Å². The first-order valence-corrected chi connectivity index (χ1v) is 8.86. The van der Waals surface area contributed by atoms with E-state index < -0.39 is 11.7 Å². The lowest BCUT2D eigenvalue weighted by molar-refractivity contribution is -0.137. The summed E-state index contributed by atoms with van der Waals surface area (Å²) in [7, 11) is 1.47. The first-order chi connectivity index (χ1) is 13.3. The molecule has 1 saturated heterocycles. The lowest BCUT2D eigenvalue weighted by Gasteiger charge is -2.33. The van der Waals surface area contributed by atoms with Gasteiger partial charge in [0.05, 0.1) is 11.3 Å². The minimum Gasteiger partial charge on any atom is -0.375 e. The number of carbonyl (C=O) groups is 1. The highest BCUT2D eigenvalue weighted by Crippen LogP contribution is 2.35. The van der Waals surface area contributed by atoms with Gasteiger partial charge in [-0.05, 0) is 30.5 Å². The molecule has 0 unspecified atom stereocenters. The highest BCUT2D eigenvalue weighted by Gasteiger charge is 2.31. The fraction of sp³-hybridized carbons (Fsp3) is 0.421. The van der Waals surface area contributed by atoms with E-state index in [1.165, 1.54) is 25.4 Å². The molecule has 0 spiro atoms. The maximum absolute atomic E-state index is 12.8. The second kappa shape index (κ2) is 8.14. The van der Waals surface area contributed by atoms with Gasteiger partial charge in [-0.25, -0.2) is 9.97 Å². The zero-order chi connectivity index (χ0) is 20.3. The molecule has 2 N–H and O–H groups in total. The van der Waals surface area contributed by atoms with Gasteiger partial charge in [0, 0.05) is 37.9 Å². The topological polar surface area (TPSA) is 81.3 Å². The molecule has 3 rings (SSSR count).